The largest absolute Gasteiger partial charge is 0.508 e. The molecule has 0 aromatic heterocycles. The first kappa shape index (κ1) is 25.4. The average Bonchev–Trinajstić information content (AvgIpc) is 2.86. The molecule has 0 aliphatic rings. The van der Waals surface area contributed by atoms with Gasteiger partial charge in [-0.05, 0) is 91.3 Å². The van der Waals surface area contributed by atoms with E-state index in [-0.39, 0.29) is 6.29 Å². The Kier molecular flexibility index (Phi) is 9.65. The molecule has 3 unspecified atom stereocenters. The summed E-state index contributed by atoms with van der Waals surface area (Å²) in [4.78, 5) is 0. The first-order valence-corrected chi connectivity index (χ1v) is 11.9. The summed E-state index contributed by atoms with van der Waals surface area (Å²) in [5, 5.41) is 9.53. The second kappa shape index (κ2) is 12.9. The quantitative estimate of drug-likeness (QED) is 0.220. The first-order valence-electron chi connectivity index (χ1n) is 11.9. The SMILES string of the molecule is CCC(CC(C)c1ccc(O)cc1)c1ccc(OC(C)OCCOc2ccc(OC)cc2)cc1. The van der Waals surface area contributed by atoms with Gasteiger partial charge >= 0.3 is 0 Å². The van der Waals surface area contributed by atoms with Crippen LogP contribution < -0.4 is 14.2 Å². The molecular weight excluding hydrogens is 428 g/mol. The number of hydrogen-bond acceptors (Lipinski definition) is 5. The maximum Gasteiger partial charge on any atom is 0.197 e. The lowest BCUT2D eigenvalue weighted by atomic mass is 9.84. The van der Waals surface area contributed by atoms with Crippen molar-refractivity contribution in [2.75, 3.05) is 20.3 Å². The summed E-state index contributed by atoms with van der Waals surface area (Å²) in [5.41, 5.74) is 2.56. The van der Waals surface area contributed by atoms with Gasteiger partial charge in [0.2, 0.25) is 0 Å². The molecule has 5 nitrogen and oxygen atoms in total. The molecule has 5 heteroatoms. The molecule has 1 N–H and O–H groups in total. The normalized spacial score (nSPS) is 13.6. The average molecular weight is 465 g/mol. The van der Waals surface area contributed by atoms with E-state index in [0.29, 0.717) is 30.8 Å². The number of benzene rings is 3. The van der Waals surface area contributed by atoms with Gasteiger partial charge in [0.05, 0.1) is 13.7 Å². The second-order valence-electron chi connectivity index (χ2n) is 8.48. The van der Waals surface area contributed by atoms with E-state index in [2.05, 4.69) is 26.0 Å². The van der Waals surface area contributed by atoms with Crippen LogP contribution >= 0.6 is 0 Å². The van der Waals surface area contributed by atoms with Crippen LogP contribution in [0.15, 0.2) is 72.8 Å². The zero-order valence-corrected chi connectivity index (χ0v) is 20.6. The minimum Gasteiger partial charge on any atom is -0.508 e. The summed E-state index contributed by atoms with van der Waals surface area (Å²) in [6, 6.07) is 23.3. The van der Waals surface area contributed by atoms with E-state index in [9.17, 15) is 5.11 Å². The summed E-state index contributed by atoms with van der Waals surface area (Å²) in [5.74, 6) is 3.54. The Balaban J connectivity index is 1.43. The summed E-state index contributed by atoms with van der Waals surface area (Å²) in [6.07, 6.45) is 1.74. The molecule has 0 heterocycles. The van der Waals surface area contributed by atoms with E-state index in [4.69, 9.17) is 18.9 Å². The lowest BCUT2D eigenvalue weighted by molar-refractivity contribution is -0.0739. The van der Waals surface area contributed by atoms with Crippen molar-refractivity contribution in [1.82, 2.24) is 0 Å². The molecule has 0 spiro atoms. The third kappa shape index (κ3) is 7.70. The highest BCUT2D eigenvalue weighted by atomic mass is 16.7. The molecule has 0 amide bonds. The topological polar surface area (TPSA) is 57.2 Å². The molecule has 3 rings (SSSR count). The Hall–Kier alpha value is -3.18. The second-order valence-corrected chi connectivity index (χ2v) is 8.48. The first-order chi connectivity index (χ1) is 16.5. The smallest absolute Gasteiger partial charge is 0.197 e. The molecule has 3 aromatic carbocycles. The van der Waals surface area contributed by atoms with E-state index in [0.717, 1.165) is 30.1 Å². The van der Waals surface area contributed by atoms with Gasteiger partial charge in [-0.25, -0.2) is 0 Å². The number of ether oxygens (including phenoxy) is 4. The van der Waals surface area contributed by atoms with Crippen molar-refractivity contribution in [3.63, 3.8) is 0 Å². The van der Waals surface area contributed by atoms with Crippen molar-refractivity contribution >= 4 is 0 Å². The van der Waals surface area contributed by atoms with Crippen LogP contribution in [0.2, 0.25) is 0 Å². The maximum atomic E-state index is 9.53. The van der Waals surface area contributed by atoms with Crippen molar-refractivity contribution < 1.29 is 24.1 Å². The molecule has 3 atom stereocenters. The number of phenols is 1. The standard InChI is InChI=1S/C29H36O5/c1-5-23(20-21(2)24-6-10-26(30)11-7-24)25-8-12-29(13-9-25)34-22(3)32-18-19-33-28-16-14-27(31-4)15-17-28/h6-17,21-23,30H,5,18-20H2,1-4H3. The monoisotopic (exact) mass is 464 g/mol. The molecular formula is C29H36O5. The Morgan fingerprint density at radius 2 is 1.32 bits per heavy atom. The van der Waals surface area contributed by atoms with Gasteiger partial charge in [-0.2, -0.15) is 0 Å². The van der Waals surface area contributed by atoms with Gasteiger partial charge in [-0.3, -0.25) is 0 Å². The van der Waals surface area contributed by atoms with Crippen LogP contribution in [-0.2, 0) is 4.74 Å². The minimum atomic E-state index is -0.373. The highest BCUT2D eigenvalue weighted by Gasteiger charge is 2.16. The van der Waals surface area contributed by atoms with Crippen LogP contribution in [-0.4, -0.2) is 31.7 Å². The summed E-state index contributed by atoms with van der Waals surface area (Å²) < 4.78 is 22.5. The van der Waals surface area contributed by atoms with Gasteiger partial charge in [0.15, 0.2) is 6.29 Å². The van der Waals surface area contributed by atoms with Crippen LogP contribution in [0.3, 0.4) is 0 Å². The number of hydrogen-bond donors (Lipinski definition) is 1. The summed E-state index contributed by atoms with van der Waals surface area (Å²) >= 11 is 0. The predicted octanol–water partition coefficient (Wildman–Crippen LogP) is 6.91. The molecule has 0 saturated heterocycles. The van der Waals surface area contributed by atoms with Gasteiger partial charge in [0.1, 0.15) is 29.6 Å². The highest BCUT2D eigenvalue weighted by Crippen LogP contribution is 2.33. The fourth-order valence-electron chi connectivity index (χ4n) is 3.99. The van der Waals surface area contributed by atoms with Gasteiger partial charge in [-0.15, -0.1) is 0 Å². The number of rotatable bonds is 13. The molecule has 0 fully saturated rings. The molecule has 34 heavy (non-hydrogen) atoms. The number of phenolic OH excluding ortho intramolecular Hbond substituents is 1. The highest BCUT2D eigenvalue weighted by molar-refractivity contribution is 5.32. The third-order valence-electron chi connectivity index (χ3n) is 6.01. The van der Waals surface area contributed by atoms with E-state index in [1.165, 1.54) is 11.1 Å². The van der Waals surface area contributed by atoms with E-state index in [1.807, 2.05) is 55.5 Å². The molecule has 0 aliphatic heterocycles. The zero-order valence-electron chi connectivity index (χ0n) is 20.6. The Bertz CT molecular complexity index is 967. The van der Waals surface area contributed by atoms with Gasteiger partial charge < -0.3 is 24.1 Å². The third-order valence-corrected chi connectivity index (χ3v) is 6.01. The maximum absolute atomic E-state index is 9.53. The molecule has 3 aromatic rings. The van der Waals surface area contributed by atoms with E-state index < -0.39 is 0 Å². The van der Waals surface area contributed by atoms with Crippen molar-refractivity contribution in [3.05, 3.63) is 83.9 Å². The van der Waals surface area contributed by atoms with Crippen molar-refractivity contribution in [1.29, 1.82) is 0 Å². The fourth-order valence-corrected chi connectivity index (χ4v) is 3.99. The summed E-state index contributed by atoms with van der Waals surface area (Å²) in [6.45, 7) is 7.22. The van der Waals surface area contributed by atoms with Gasteiger partial charge in [0, 0.05) is 0 Å². The van der Waals surface area contributed by atoms with Crippen LogP contribution in [0.4, 0.5) is 0 Å². The summed E-state index contributed by atoms with van der Waals surface area (Å²) in [7, 11) is 1.64. The van der Waals surface area contributed by atoms with Crippen molar-refractivity contribution in [3.8, 4) is 23.0 Å². The van der Waals surface area contributed by atoms with Crippen molar-refractivity contribution in [2.45, 2.75) is 51.7 Å². The lowest BCUT2D eigenvalue weighted by Crippen LogP contribution is -2.19. The number of methoxy groups -OCH3 is 1. The van der Waals surface area contributed by atoms with Gasteiger partial charge in [0.25, 0.3) is 0 Å². The molecule has 0 radical (unpaired) electrons. The molecule has 182 valence electrons. The van der Waals surface area contributed by atoms with Crippen LogP contribution in [0.5, 0.6) is 23.0 Å². The van der Waals surface area contributed by atoms with Crippen LogP contribution in [0.25, 0.3) is 0 Å². The zero-order chi connectivity index (χ0) is 24.3. The van der Waals surface area contributed by atoms with E-state index in [1.54, 1.807) is 19.2 Å². The molecule has 0 aliphatic carbocycles. The van der Waals surface area contributed by atoms with Crippen LogP contribution in [0.1, 0.15) is 56.6 Å². The van der Waals surface area contributed by atoms with Crippen molar-refractivity contribution in [2.24, 2.45) is 0 Å². The lowest BCUT2D eigenvalue weighted by Gasteiger charge is -2.21. The minimum absolute atomic E-state index is 0.307. The predicted molar refractivity (Wildman–Crippen MR) is 135 cm³/mol. The Morgan fingerprint density at radius 3 is 1.94 bits per heavy atom. The number of aromatic hydroxyl groups is 1. The van der Waals surface area contributed by atoms with Crippen LogP contribution in [0, 0.1) is 0 Å². The molecule has 0 bridgehead atoms. The van der Waals surface area contributed by atoms with E-state index >= 15 is 0 Å². The van der Waals surface area contributed by atoms with Gasteiger partial charge in [-0.1, -0.05) is 38.1 Å². The molecule has 0 saturated carbocycles. The Morgan fingerprint density at radius 1 is 0.735 bits per heavy atom. The Labute approximate surface area is 203 Å². The fraction of sp³-hybridized carbons (Fsp3) is 0.379.